The highest BCUT2D eigenvalue weighted by molar-refractivity contribution is 7.09. The van der Waals surface area contributed by atoms with Crippen molar-refractivity contribution in [2.45, 2.75) is 13.3 Å². The molecule has 0 radical (unpaired) electrons. The maximum absolute atomic E-state index is 11.5. The van der Waals surface area contributed by atoms with Crippen LogP contribution in [0.2, 0.25) is 0 Å². The molecular formula is C11H12N4O2S. The number of aryl methyl sites for hydroxylation is 1. The first-order chi connectivity index (χ1) is 8.78. The highest BCUT2D eigenvalue weighted by atomic mass is 32.1. The lowest BCUT2D eigenvalue weighted by Crippen LogP contribution is -2.20. The molecule has 0 aliphatic rings. The van der Waals surface area contributed by atoms with Gasteiger partial charge in [0.1, 0.15) is 5.75 Å². The normalized spacial score (nSPS) is 10.1. The maximum Gasteiger partial charge on any atom is 0.264 e. The number of nitrogens with zero attached hydrogens (tertiary/aromatic N) is 3. The van der Waals surface area contributed by atoms with Gasteiger partial charge in [-0.3, -0.25) is 10.1 Å². The number of carbonyl (C=O) groups excluding carboxylic acids is 1. The van der Waals surface area contributed by atoms with Crippen LogP contribution in [-0.4, -0.2) is 27.3 Å². The van der Waals surface area contributed by atoms with Crippen molar-refractivity contribution in [3.8, 4) is 5.75 Å². The average Bonchev–Trinajstić information content (AvgIpc) is 2.90. The summed E-state index contributed by atoms with van der Waals surface area (Å²) in [6.45, 7) is 2.02. The number of hydrogen-bond donors (Lipinski definition) is 1. The Kier molecular flexibility index (Phi) is 4.19. The van der Waals surface area contributed by atoms with Crippen molar-refractivity contribution in [3.63, 3.8) is 0 Å². The van der Waals surface area contributed by atoms with Gasteiger partial charge in [-0.25, -0.2) is 0 Å². The molecule has 94 valence electrons. The number of aromatic nitrogens is 3. The standard InChI is InChI=1S/C11H12N4O2S/c1-2-8-3-5-9(6-4-8)17-7-10(16)12-11-13-14-15-18-11/h3-6H,2,7H2,1H3,(H,12,13,15,16). The summed E-state index contributed by atoms with van der Waals surface area (Å²) in [4.78, 5) is 11.5. The van der Waals surface area contributed by atoms with E-state index in [0.717, 1.165) is 18.0 Å². The number of rotatable bonds is 5. The third-order valence-electron chi connectivity index (χ3n) is 2.25. The summed E-state index contributed by atoms with van der Waals surface area (Å²) >= 11 is 1.02. The summed E-state index contributed by atoms with van der Waals surface area (Å²) in [7, 11) is 0. The van der Waals surface area contributed by atoms with Crippen molar-refractivity contribution in [1.29, 1.82) is 0 Å². The number of carbonyl (C=O) groups is 1. The Morgan fingerprint density at radius 3 is 2.78 bits per heavy atom. The Balaban J connectivity index is 1.81. The van der Waals surface area contributed by atoms with Gasteiger partial charge in [0.15, 0.2) is 6.61 Å². The topological polar surface area (TPSA) is 77.0 Å². The zero-order chi connectivity index (χ0) is 12.8. The first-order valence-corrected chi connectivity index (χ1v) is 6.22. The first-order valence-electron chi connectivity index (χ1n) is 5.44. The fourth-order valence-electron chi connectivity index (χ4n) is 1.31. The van der Waals surface area contributed by atoms with Crippen LogP contribution in [0.3, 0.4) is 0 Å². The fourth-order valence-corrected chi connectivity index (χ4v) is 1.69. The van der Waals surface area contributed by atoms with Crippen LogP contribution in [0.25, 0.3) is 0 Å². The predicted molar refractivity (Wildman–Crippen MR) is 67.6 cm³/mol. The monoisotopic (exact) mass is 264 g/mol. The maximum atomic E-state index is 11.5. The average molecular weight is 264 g/mol. The van der Waals surface area contributed by atoms with Crippen LogP contribution in [0, 0.1) is 0 Å². The fraction of sp³-hybridized carbons (Fsp3) is 0.273. The van der Waals surface area contributed by atoms with E-state index in [1.807, 2.05) is 24.3 Å². The molecular weight excluding hydrogens is 252 g/mol. The van der Waals surface area contributed by atoms with Gasteiger partial charge in [0.05, 0.1) is 0 Å². The zero-order valence-electron chi connectivity index (χ0n) is 9.79. The summed E-state index contributed by atoms with van der Waals surface area (Å²) in [5.41, 5.74) is 1.23. The lowest BCUT2D eigenvalue weighted by Gasteiger charge is -2.05. The van der Waals surface area contributed by atoms with Crippen LogP contribution in [0.1, 0.15) is 12.5 Å². The molecule has 1 heterocycles. The van der Waals surface area contributed by atoms with Crippen LogP contribution in [0.5, 0.6) is 5.75 Å². The Labute approximate surface area is 108 Å². The molecule has 0 atom stereocenters. The molecule has 0 unspecified atom stereocenters. The summed E-state index contributed by atoms with van der Waals surface area (Å²) < 4.78 is 8.88. The molecule has 0 fully saturated rings. The van der Waals surface area contributed by atoms with Gasteiger partial charge in [0.2, 0.25) is 5.13 Å². The highest BCUT2D eigenvalue weighted by Gasteiger charge is 2.06. The molecule has 1 amide bonds. The van der Waals surface area contributed by atoms with E-state index in [1.165, 1.54) is 5.56 Å². The first kappa shape index (κ1) is 12.4. The second-order valence-electron chi connectivity index (χ2n) is 3.50. The van der Waals surface area contributed by atoms with Crippen LogP contribution < -0.4 is 10.1 Å². The molecule has 0 bridgehead atoms. The number of nitrogens with one attached hydrogen (secondary N) is 1. The molecule has 2 rings (SSSR count). The second-order valence-corrected chi connectivity index (χ2v) is 4.23. The summed E-state index contributed by atoms with van der Waals surface area (Å²) in [6, 6.07) is 7.64. The molecule has 0 aliphatic heterocycles. The number of benzene rings is 1. The SMILES string of the molecule is CCc1ccc(OCC(=O)Nc2nnns2)cc1. The number of hydrogen-bond acceptors (Lipinski definition) is 6. The van der Waals surface area contributed by atoms with E-state index in [4.69, 9.17) is 4.74 Å². The summed E-state index contributed by atoms with van der Waals surface area (Å²) in [5, 5.41) is 9.88. The molecule has 6 nitrogen and oxygen atoms in total. The quantitative estimate of drug-likeness (QED) is 0.885. The van der Waals surface area contributed by atoms with Crippen molar-refractivity contribution in [1.82, 2.24) is 14.8 Å². The van der Waals surface area contributed by atoms with E-state index >= 15 is 0 Å². The molecule has 0 aliphatic carbocycles. The van der Waals surface area contributed by atoms with E-state index in [1.54, 1.807) is 0 Å². The van der Waals surface area contributed by atoms with Gasteiger partial charge in [-0.15, -0.1) is 0 Å². The van der Waals surface area contributed by atoms with E-state index < -0.39 is 0 Å². The van der Waals surface area contributed by atoms with Crippen LogP contribution in [-0.2, 0) is 11.2 Å². The van der Waals surface area contributed by atoms with Crippen molar-refractivity contribution < 1.29 is 9.53 Å². The van der Waals surface area contributed by atoms with Gasteiger partial charge >= 0.3 is 0 Å². The molecule has 0 saturated carbocycles. The Morgan fingerprint density at radius 2 is 2.17 bits per heavy atom. The molecule has 1 N–H and O–H groups in total. The summed E-state index contributed by atoms with van der Waals surface area (Å²) in [6.07, 6.45) is 0.977. The minimum Gasteiger partial charge on any atom is -0.484 e. The van der Waals surface area contributed by atoms with Crippen LogP contribution in [0.4, 0.5) is 5.13 Å². The van der Waals surface area contributed by atoms with Crippen LogP contribution >= 0.6 is 11.5 Å². The highest BCUT2D eigenvalue weighted by Crippen LogP contribution is 2.12. The smallest absolute Gasteiger partial charge is 0.264 e. The Hall–Kier alpha value is -2.02. The zero-order valence-corrected chi connectivity index (χ0v) is 10.6. The van der Waals surface area contributed by atoms with Gasteiger partial charge in [0.25, 0.3) is 5.91 Å². The molecule has 1 aromatic heterocycles. The number of ether oxygens (including phenoxy) is 1. The minimum atomic E-state index is -0.284. The van der Waals surface area contributed by atoms with E-state index in [-0.39, 0.29) is 12.5 Å². The van der Waals surface area contributed by atoms with Gasteiger partial charge in [-0.05, 0) is 29.3 Å². The molecule has 1 aromatic carbocycles. The van der Waals surface area contributed by atoms with Gasteiger partial charge in [0, 0.05) is 11.5 Å². The lowest BCUT2D eigenvalue weighted by molar-refractivity contribution is -0.118. The molecule has 0 saturated heterocycles. The van der Waals surface area contributed by atoms with Crippen molar-refractivity contribution in [2.24, 2.45) is 0 Å². The van der Waals surface area contributed by atoms with E-state index in [9.17, 15) is 4.79 Å². The largest absolute Gasteiger partial charge is 0.484 e. The Bertz CT molecular complexity index is 498. The minimum absolute atomic E-state index is 0.0644. The van der Waals surface area contributed by atoms with Crippen molar-refractivity contribution in [2.75, 3.05) is 11.9 Å². The number of anilines is 1. The predicted octanol–water partition coefficient (Wildman–Crippen LogP) is 1.51. The second kappa shape index (κ2) is 6.06. The van der Waals surface area contributed by atoms with Crippen molar-refractivity contribution in [3.05, 3.63) is 29.8 Å². The third-order valence-corrected chi connectivity index (χ3v) is 2.76. The molecule has 18 heavy (non-hydrogen) atoms. The van der Waals surface area contributed by atoms with Crippen molar-refractivity contribution >= 4 is 22.6 Å². The third kappa shape index (κ3) is 3.49. The Morgan fingerprint density at radius 1 is 1.39 bits per heavy atom. The number of amides is 1. The molecule has 7 heteroatoms. The molecule has 2 aromatic rings. The summed E-state index contributed by atoms with van der Waals surface area (Å²) in [5.74, 6) is 0.380. The van der Waals surface area contributed by atoms with E-state index in [2.05, 4.69) is 27.0 Å². The van der Waals surface area contributed by atoms with Gasteiger partial charge in [-0.1, -0.05) is 28.6 Å². The van der Waals surface area contributed by atoms with E-state index in [0.29, 0.717) is 10.9 Å². The van der Waals surface area contributed by atoms with Gasteiger partial charge < -0.3 is 4.74 Å². The van der Waals surface area contributed by atoms with Crippen LogP contribution in [0.15, 0.2) is 24.3 Å². The van der Waals surface area contributed by atoms with Gasteiger partial charge in [-0.2, -0.15) is 0 Å². The lowest BCUT2D eigenvalue weighted by atomic mass is 10.2. The molecule has 0 spiro atoms.